The van der Waals surface area contributed by atoms with Crippen molar-refractivity contribution < 1.29 is 32.2 Å². The predicted octanol–water partition coefficient (Wildman–Crippen LogP) is 4.19. The van der Waals surface area contributed by atoms with Crippen LogP contribution in [0.15, 0.2) is 47.5 Å². The van der Waals surface area contributed by atoms with Crippen molar-refractivity contribution in [2.24, 2.45) is 4.99 Å². The third-order valence-electron chi connectivity index (χ3n) is 4.04. The van der Waals surface area contributed by atoms with Gasteiger partial charge in [0, 0.05) is 0 Å². The minimum absolute atomic E-state index is 0.0477. The summed E-state index contributed by atoms with van der Waals surface area (Å²) in [5.41, 5.74) is 0.312. The number of hydrogen-bond donors (Lipinski definition) is 0. The van der Waals surface area contributed by atoms with E-state index in [2.05, 4.69) is 15.6 Å². The molecule has 0 spiro atoms. The lowest BCUT2D eigenvalue weighted by atomic mass is 10.1. The third-order valence-corrected chi connectivity index (χ3v) is 4.04. The Morgan fingerprint density at radius 3 is 2.21 bits per heavy atom. The second kappa shape index (κ2) is 9.80. The lowest BCUT2D eigenvalue weighted by Gasteiger charge is -2.08. The average Bonchev–Trinajstić information content (AvgIpc) is 2.72. The SMILES string of the molecule is COC(=O)C(=C=NCCc1ccc(OC)c(OC)c1)c1ccc(C(F)(F)F)cc1. The second-order valence-electron chi connectivity index (χ2n) is 5.87. The first-order valence-electron chi connectivity index (χ1n) is 8.56. The second-order valence-corrected chi connectivity index (χ2v) is 5.87. The van der Waals surface area contributed by atoms with E-state index in [1.165, 1.54) is 26.4 Å². The summed E-state index contributed by atoms with van der Waals surface area (Å²) < 4.78 is 53.2. The summed E-state index contributed by atoms with van der Waals surface area (Å²) >= 11 is 0. The zero-order chi connectivity index (χ0) is 21.4. The summed E-state index contributed by atoms with van der Waals surface area (Å²) in [4.78, 5) is 16.1. The summed E-state index contributed by atoms with van der Waals surface area (Å²) in [5.74, 6) is 3.05. The molecule has 2 aromatic carbocycles. The van der Waals surface area contributed by atoms with Gasteiger partial charge >= 0.3 is 12.1 Å². The molecule has 5 nitrogen and oxygen atoms in total. The van der Waals surface area contributed by atoms with E-state index in [1.807, 2.05) is 12.1 Å². The maximum absolute atomic E-state index is 12.7. The molecule has 0 saturated carbocycles. The highest BCUT2D eigenvalue weighted by Crippen LogP contribution is 2.30. The van der Waals surface area contributed by atoms with E-state index in [9.17, 15) is 18.0 Å². The van der Waals surface area contributed by atoms with Gasteiger partial charge in [-0.3, -0.25) is 0 Å². The van der Waals surface area contributed by atoms with Crippen LogP contribution in [-0.2, 0) is 22.1 Å². The molecule has 0 unspecified atom stereocenters. The summed E-state index contributed by atoms with van der Waals surface area (Å²) in [6, 6.07) is 9.60. The van der Waals surface area contributed by atoms with Crippen molar-refractivity contribution in [1.82, 2.24) is 0 Å². The molecule has 0 N–H and O–H groups in total. The first-order chi connectivity index (χ1) is 13.8. The van der Waals surface area contributed by atoms with E-state index in [4.69, 9.17) is 9.47 Å². The molecule has 0 heterocycles. The number of esters is 1. The number of carbonyl (C=O) groups excluding carboxylic acids is 1. The number of rotatable bonds is 7. The van der Waals surface area contributed by atoms with Crippen molar-refractivity contribution in [2.45, 2.75) is 12.6 Å². The largest absolute Gasteiger partial charge is 0.493 e. The molecule has 0 bridgehead atoms. The monoisotopic (exact) mass is 407 g/mol. The Hall–Kier alpha value is -3.25. The van der Waals surface area contributed by atoms with Gasteiger partial charge in [-0.2, -0.15) is 13.2 Å². The molecule has 0 radical (unpaired) electrons. The predicted molar refractivity (Wildman–Crippen MR) is 102 cm³/mol. The minimum Gasteiger partial charge on any atom is -0.493 e. The Morgan fingerprint density at radius 2 is 1.66 bits per heavy atom. The van der Waals surface area contributed by atoms with E-state index >= 15 is 0 Å². The van der Waals surface area contributed by atoms with Gasteiger partial charge in [0.15, 0.2) is 11.5 Å². The molecular formula is C21H20F3NO4. The molecule has 8 heteroatoms. The topological polar surface area (TPSA) is 57.1 Å². The summed E-state index contributed by atoms with van der Waals surface area (Å²) in [7, 11) is 4.26. The van der Waals surface area contributed by atoms with Gasteiger partial charge in [0.05, 0.1) is 33.4 Å². The Balaban J connectivity index is 2.20. The molecule has 2 aromatic rings. The van der Waals surface area contributed by atoms with Crippen molar-refractivity contribution in [2.75, 3.05) is 27.9 Å². The van der Waals surface area contributed by atoms with Crippen LogP contribution < -0.4 is 9.47 Å². The van der Waals surface area contributed by atoms with Gasteiger partial charge in [0.1, 0.15) is 5.57 Å². The van der Waals surface area contributed by atoms with E-state index in [0.29, 0.717) is 24.5 Å². The number of benzene rings is 2. The maximum atomic E-state index is 12.7. The first kappa shape index (κ1) is 22.0. The normalized spacial score (nSPS) is 10.7. The van der Waals surface area contributed by atoms with Gasteiger partial charge in [-0.1, -0.05) is 18.2 Å². The molecule has 0 aliphatic carbocycles. The van der Waals surface area contributed by atoms with Crippen molar-refractivity contribution >= 4 is 17.4 Å². The molecule has 2 rings (SSSR count). The lowest BCUT2D eigenvalue weighted by Crippen LogP contribution is -2.07. The Bertz CT molecular complexity index is 915. The smallest absolute Gasteiger partial charge is 0.416 e. The highest BCUT2D eigenvalue weighted by Gasteiger charge is 2.30. The van der Waals surface area contributed by atoms with Gasteiger partial charge in [0.25, 0.3) is 0 Å². The van der Waals surface area contributed by atoms with Gasteiger partial charge in [-0.05, 0) is 47.7 Å². The number of aliphatic imine (C=N–C) groups is 1. The Morgan fingerprint density at radius 1 is 1.00 bits per heavy atom. The molecule has 0 aromatic heterocycles. The highest BCUT2D eigenvalue weighted by molar-refractivity contribution is 6.25. The maximum Gasteiger partial charge on any atom is 0.416 e. The fourth-order valence-corrected chi connectivity index (χ4v) is 2.51. The van der Waals surface area contributed by atoms with Gasteiger partial charge in [0.2, 0.25) is 0 Å². The number of halogens is 3. The molecule has 0 saturated heterocycles. The quantitative estimate of drug-likeness (QED) is 0.392. The molecule has 29 heavy (non-hydrogen) atoms. The van der Waals surface area contributed by atoms with Crippen LogP contribution in [0.1, 0.15) is 16.7 Å². The summed E-state index contributed by atoms with van der Waals surface area (Å²) in [5, 5.41) is 0. The lowest BCUT2D eigenvalue weighted by molar-refractivity contribution is -0.137. The van der Waals surface area contributed by atoms with Crippen LogP contribution in [-0.4, -0.2) is 39.7 Å². The van der Waals surface area contributed by atoms with Crippen LogP contribution in [0, 0.1) is 0 Å². The molecule has 0 aliphatic rings. The first-order valence-corrected chi connectivity index (χ1v) is 8.56. The fraction of sp³-hybridized carbons (Fsp3) is 0.286. The third kappa shape index (κ3) is 5.86. The van der Waals surface area contributed by atoms with E-state index < -0.39 is 17.7 Å². The summed E-state index contributed by atoms with van der Waals surface area (Å²) in [6.45, 7) is 0.302. The van der Waals surface area contributed by atoms with Gasteiger partial charge in [-0.15, -0.1) is 0 Å². The van der Waals surface area contributed by atoms with Crippen LogP contribution >= 0.6 is 0 Å². The minimum atomic E-state index is -4.46. The van der Waals surface area contributed by atoms with E-state index in [-0.39, 0.29) is 11.1 Å². The fourth-order valence-electron chi connectivity index (χ4n) is 2.51. The zero-order valence-electron chi connectivity index (χ0n) is 16.2. The van der Waals surface area contributed by atoms with Crippen molar-refractivity contribution in [3.63, 3.8) is 0 Å². The van der Waals surface area contributed by atoms with Crippen molar-refractivity contribution in [1.29, 1.82) is 0 Å². The van der Waals surface area contributed by atoms with Gasteiger partial charge < -0.3 is 14.2 Å². The van der Waals surface area contributed by atoms with E-state index in [0.717, 1.165) is 17.7 Å². The van der Waals surface area contributed by atoms with Gasteiger partial charge in [-0.25, -0.2) is 9.79 Å². The molecule has 0 fully saturated rings. The number of nitrogens with zero attached hydrogens (tertiary/aromatic N) is 1. The van der Waals surface area contributed by atoms with Crippen LogP contribution in [0.2, 0.25) is 0 Å². The number of carbonyl (C=O) groups is 1. The number of ether oxygens (including phenoxy) is 3. The molecular weight excluding hydrogens is 387 g/mol. The number of alkyl halides is 3. The summed E-state index contributed by atoms with van der Waals surface area (Å²) in [6.07, 6.45) is -3.92. The van der Waals surface area contributed by atoms with Crippen molar-refractivity contribution in [3.05, 3.63) is 59.2 Å². The van der Waals surface area contributed by atoms with Crippen LogP contribution in [0.5, 0.6) is 11.5 Å². The highest BCUT2D eigenvalue weighted by atomic mass is 19.4. The number of methoxy groups -OCH3 is 3. The molecule has 0 amide bonds. The van der Waals surface area contributed by atoms with Crippen LogP contribution in [0.3, 0.4) is 0 Å². The van der Waals surface area contributed by atoms with E-state index in [1.54, 1.807) is 13.2 Å². The number of hydrogen-bond acceptors (Lipinski definition) is 5. The Kier molecular flexibility index (Phi) is 7.45. The molecule has 0 aliphatic heterocycles. The molecule has 0 atom stereocenters. The molecule has 154 valence electrons. The Labute approximate surface area is 166 Å². The van der Waals surface area contributed by atoms with Crippen LogP contribution in [0.25, 0.3) is 5.57 Å². The average molecular weight is 407 g/mol. The van der Waals surface area contributed by atoms with Crippen LogP contribution in [0.4, 0.5) is 13.2 Å². The zero-order valence-corrected chi connectivity index (χ0v) is 16.2. The standard InChI is InChI=1S/C21H20F3NO4/c1-27-18-9-4-14(12-19(18)28-2)10-11-25-13-17(20(26)29-3)15-5-7-16(8-6-15)21(22,23)24/h4-9,12H,10-11H2,1-3H3. The van der Waals surface area contributed by atoms with Crippen molar-refractivity contribution in [3.8, 4) is 11.5 Å².